The molecule has 248 valence electrons. The molecule has 11 heteroatoms. The van der Waals surface area contributed by atoms with Crippen LogP contribution in [0.2, 0.25) is 0 Å². The third-order valence-corrected chi connectivity index (χ3v) is 10.4. The van der Waals surface area contributed by atoms with Crippen molar-refractivity contribution in [1.29, 1.82) is 0 Å². The summed E-state index contributed by atoms with van der Waals surface area (Å²) in [6.07, 6.45) is 6.06. The molecule has 4 heterocycles. The number of rotatable bonds is 6. The van der Waals surface area contributed by atoms with Crippen molar-refractivity contribution < 1.29 is 23.9 Å². The lowest BCUT2D eigenvalue weighted by atomic mass is 9.78. The third-order valence-electron chi connectivity index (χ3n) is 10.4. The minimum atomic E-state index is -0.561. The Balaban J connectivity index is 1.01. The van der Waals surface area contributed by atoms with Crippen molar-refractivity contribution in [3.8, 4) is 16.9 Å². The van der Waals surface area contributed by atoms with Crippen LogP contribution in [-0.2, 0) is 16.6 Å². The molecule has 3 aromatic rings. The Kier molecular flexibility index (Phi) is 9.07. The van der Waals surface area contributed by atoms with Gasteiger partial charge in [-0.25, -0.2) is 4.39 Å². The van der Waals surface area contributed by atoms with E-state index in [1.54, 1.807) is 44.4 Å². The van der Waals surface area contributed by atoms with Crippen LogP contribution >= 0.6 is 0 Å². The molecule has 3 aliphatic rings. The number of aromatic hydroxyl groups is 1. The van der Waals surface area contributed by atoms with Crippen LogP contribution < -0.4 is 21.1 Å². The number of phenols is 1. The van der Waals surface area contributed by atoms with E-state index in [4.69, 9.17) is 0 Å². The highest BCUT2D eigenvalue weighted by Gasteiger charge is 2.33. The summed E-state index contributed by atoms with van der Waals surface area (Å²) in [5.41, 5.74) is 4.37. The van der Waals surface area contributed by atoms with E-state index in [-0.39, 0.29) is 46.8 Å². The number of anilines is 2. The molecule has 3 N–H and O–H groups in total. The van der Waals surface area contributed by atoms with Gasteiger partial charge in [-0.1, -0.05) is 6.07 Å². The molecule has 3 aliphatic heterocycles. The number of amides is 3. The Morgan fingerprint density at radius 3 is 2.23 bits per heavy atom. The van der Waals surface area contributed by atoms with E-state index in [0.29, 0.717) is 48.3 Å². The molecule has 10 nitrogen and oxygen atoms in total. The van der Waals surface area contributed by atoms with Gasteiger partial charge >= 0.3 is 0 Å². The molecule has 0 aliphatic carbocycles. The first-order valence-electron chi connectivity index (χ1n) is 16.4. The number of nitrogens with zero attached hydrogens (tertiary/aromatic N) is 3. The first kappa shape index (κ1) is 32.3. The standard InChI is InChI=1S/C36H42FN5O5/c1-21-22(2)35(46)40(3)20-28(21)25-4-6-27(32(43)18-25)36(47)42-16-12-24(13-17-42)23-10-14-41(15-11-23)31-8-5-26(19-29(31)37)38-30-7-9-33(44)39-34(30)45/h4-6,8,18-20,23-24,30,38,43H,7,9-17H2,1-3H3,(H,39,44,45). The molecule has 2 aromatic carbocycles. The van der Waals surface area contributed by atoms with E-state index in [1.165, 1.54) is 10.6 Å². The topological polar surface area (TPSA) is 124 Å². The normalized spacial score (nSPS) is 19.5. The Labute approximate surface area is 273 Å². The average Bonchev–Trinajstić information content (AvgIpc) is 3.06. The van der Waals surface area contributed by atoms with Crippen LogP contribution in [0.15, 0.2) is 47.4 Å². The van der Waals surface area contributed by atoms with Gasteiger partial charge in [0.1, 0.15) is 17.6 Å². The zero-order chi connectivity index (χ0) is 33.4. The summed E-state index contributed by atoms with van der Waals surface area (Å²) in [6.45, 7) is 6.42. The molecule has 3 saturated heterocycles. The molecular weight excluding hydrogens is 601 g/mol. The highest BCUT2D eigenvalue weighted by atomic mass is 19.1. The molecule has 0 saturated carbocycles. The first-order chi connectivity index (χ1) is 22.5. The molecule has 1 unspecified atom stereocenters. The van der Waals surface area contributed by atoms with E-state index in [9.17, 15) is 24.3 Å². The second-order valence-corrected chi connectivity index (χ2v) is 13.2. The highest BCUT2D eigenvalue weighted by molar-refractivity contribution is 6.01. The predicted molar refractivity (Wildman–Crippen MR) is 178 cm³/mol. The lowest BCUT2D eigenvalue weighted by Gasteiger charge is -2.41. The van der Waals surface area contributed by atoms with E-state index < -0.39 is 6.04 Å². The van der Waals surface area contributed by atoms with E-state index in [1.807, 2.05) is 17.9 Å². The van der Waals surface area contributed by atoms with Crippen LogP contribution in [0.25, 0.3) is 11.1 Å². The average molecular weight is 644 g/mol. The molecule has 0 radical (unpaired) electrons. The number of nitrogens with one attached hydrogen (secondary N) is 2. The maximum Gasteiger partial charge on any atom is 0.257 e. The number of pyridine rings is 1. The number of carbonyl (C=O) groups excluding carboxylic acids is 3. The number of benzene rings is 2. The maximum absolute atomic E-state index is 15.2. The van der Waals surface area contributed by atoms with Gasteiger partial charge in [-0.05, 0) is 99.2 Å². The van der Waals surface area contributed by atoms with E-state index in [0.717, 1.165) is 55.5 Å². The van der Waals surface area contributed by atoms with Crippen molar-refractivity contribution in [2.75, 3.05) is 36.4 Å². The van der Waals surface area contributed by atoms with Gasteiger partial charge in [0.05, 0.1) is 11.3 Å². The van der Waals surface area contributed by atoms with Gasteiger partial charge in [0, 0.05) is 62.7 Å². The van der Waals surface area contributed by atoms with Gasteiger partial charge < -0.3 is 24.8 Å². The summed E-state index contributed by atoms with van der Waals surface area (Å²) in [5, 5.41) is 16.2. The van der Waals surface area contributed by atoms with Crippen LogP contribution in [0.3, 0.4) is 0 Å². The number of piperidine rings is 3. The third kappa shape index (κ3) is 6.61. The smallest absolute Gasteiger partial charge is 0.257 e. The minimum Gasteiger partial charge on any atom is -0.507 e. The second-order valence-electron chi connectivity index (χ2n) is 13.2. The number of hydrogen-bond acceptors (Lipinski definition) is 7. The van der Waals surface area contributed by atoms with Gasteiger partial charge in [-0.3, -0.25) is 24.5 Å². The van der Waals surface area contributed by atoms with Crippen molar-refractivity contribution in [1.82, 2.24) is 14.8 Å². The van der Waals surface area contributed by atoms with Crippen molar-refractivity contribution in [3.63, 3.8) is 0 Å². The predicted octanol–water partition coefficient (Wildman–Crippen LogP) is 4.50. The number of phenolic OH excluding ortho intramolecular Hbond substituents is 1. The minimum absolute atomic E-state index is 0.0574. The molecule has 1 aromatic heterocycles. The zero-order valence-electron chi connectivity index (χ0n) is 27.1. The summed E-state index contributed by atoms with van der Waals surface area (Å²) in [5.74, 6) is -0.284. The lowest BCUT2D eigenvalue weighted by molar-refractivity contribution is -0.133. The van der Waals surface area contributed by atoms with Crippen LogP contribution in [0, 0.1) is 31.5 Å². The molecule has 0 bridgehead atoms. The van der Waals surface area contributed by atoms with Gasteiger partial charge in [0.25, 0.3) is 11.5 Å². The fourth-order valence-corrected chi connectivity index (χ4v) is 7.39. The summed E-state index contributed by atoms with van der Waals surface area (Å²) < 4.78 is 16.7. The van der Waals surface area contributed by atoms with E-state index in [2.05, 4.69) is 15.5 Å². The van der Waals surface area contributed by atoms with Crippen molar-refractivity contribution in [3.05, 3.63) is 75.5 Å². The van der Waals surface area contributed by atoms with E-state index >= 15 is 4.39 Å². The van der Waals surface area contributed by atoms with Crippen molar-refractivity contribution in [2.45, 2.75) is 58.4 Å². The first-order valence-corrected chi connectivity index (χ1v) is 16.4. The maximum atomic E-state index is 15.2. The summed E-state index contributed by atoms with van der Waals surface area (Å²) >= 11 is 0. The lowest BCUT2D eigenvalue weighted by Crippen LogP contribution is -2.47. The molecule has 3 amide bonds. The number of aryl methyl sites for hydroxylation is 1. The summed E-state index contributed by atoms with van der Waals surface area (Å²) in [7, 11) is 1.70. The van der Waals surface area contributed by atoms with Crippen LogP contribution in [0.1, 0.15) is 60.0 Å². The summed E-state index contributed by atoms with van der Waals surface area (Å²) in [4.78, 5) is 53.0. The van der Waals surface area contributed by atoms with Crippen LogP contribution in [0.4, 0.5) is 15.8 Å². The Hall–Kier alpha value is -4.67. The van der Waals surface area contributed by atoms with Gasteiger partial charge in [-0.15, -0.1) is 0 Å². The number of aromatic nitrogens is 1. The molecule has 47 heavy (non-hydrogen) atoms. The van der Waals surface area contributed by atoms with Gasteiger partial charge in [0.15, 0.2) is 0 Å². The summed E-state index contributed by atoms with van der Waals surface area (Å²) in [6, 6.07) is 9.48. The molecular formula is C36H42FN5O5. The van der Waals surface area contributed by atoms with Gasteiger partial charge in [-0.2, -0.15) is 0 Å². The monoisotopic (exact) mass is 643 g/mol. The Bertz CT molecular complexity index is 1770. The Morgan fingerprint density at radius 1 is 0.915 bits per heavy atom. The van der Waals surface area contributed by atoms with Crippen molar-refractivity contribution in [2.24, 2.45) is 18.9 Å². The number of imide groups is 1. The van der Waals surface area contributed by atoms with Crippen molar-refractivity contribution >= 4 is 29.1 Å². The molecule has 6 rings (SSSR count). The van der Waals surface area contributed by atoms with Crippen LogP contribution in [0.5, 0.6) is 5.75 Å². The van der Waals surface area contributed by atoms with Gasteiger partial charge in [0.2, 0.25) is 11.8 Å². The highest BCUT2D eigenvalue weighted by Crippen LogP contribution is 2.36. The number of likely N-dealkylation sites (tertiary alicyclic amines) is 1. The van der Waals surface area contributed by atoms with Crippen LogP contribution in [-0.4, -0.2) is 64.5 Å². The molecule has 0 spiro atoms. The second kappa shape index (κ2) is 13.2. The number of hydrogen-bond donors (Lipinski definition) is 3. The SMILES string of the molecule is Cc1c(-c2ccc(C(=O)N3CCC(C4CCN(c5ccc(NC6CCC(=O)NC6=O)cc5F)CC4)CC3)c(O)c2)cn(C)c(=O)c1C. The quantitative estimate of drug-likeness (QED) is 0.338. The largest absolute Gasteiger partial charge is 0.507 e. The fraction of sp³-hybridized carbons (Fsp3) is 0.444. The molecule has 1 atom stereocenters. The molecule has 3 fully saturated rings. The Morgan fingerprint density at radius 2 is 1.60 bits per heavy atom. The fourth-order valence-electron chi connectivity index (χ4n) is 7.39. The zero-order valence-corrected chi connectivity index (χ0v) is 27.1. The number of carbonyl (C=O) groups is 3. The number of halogens is 1.